The van der Waals surface area contributed by atoms with Gasteiger partial charge in [-0.1, -0.05) is 113 Å². The number of fused-ring (bicyclic) bond motifs is 2. The van der Waals surface area contributed by atoms with Gasteiger partial charge in [0.15, 0.2) is 19.7 Å². The van der Waals surface area contributed by atoms with Gasteiger partial charge in [0.25, 0.3) is 11.8 Å². The van der Waals surface area contributed by atoms with Crippen LogP contribution in [0.1, 0.15) is 119 Å². The van der Waals surface area contributed by atoms with Crippen molar-refractivity contribution in [3.05, 3.63) is 188 Å². The molecule has 4 heterocycles. The molecule has 0 radical (unpaired) electrons. The van der Waals surface area contributed by atoms with Crippen LogP contribution in [0.15, 0.2) is 131 Å². The lowest BCUT2D eigenvalue weighted by molar-refractivity contribution is 0.0941. The van der Waals surface area contributed by atoms with Gasteiger partial charge < -0.3 is 10.6 Å². The van der Waals surface area contributed by atoms with Crippen molar-refractivity contribution in [1.29, 1.82) is 0 Å². The van der Waals surface area contributed by atoms with Gasteiger partial charge in [-0.2, -0.15) is 0 Å². The molecule has 2 aliphatic rings. The summed E-state index contributed by atoms with van der Waals surface area (Å²) in [5, 5.41) is 7.32. The maximum Gasteiger partial charge on any atom is 0.253 e. The lowest BCUT2D eigenvalue weighted by Crippen LogP contribution is -2.38. The van der Waals surface area contributed by atoms with Gasteiger partial charge >= 0.3 is 0 Å². The topological polar surface area (TPSA) is 159 Å². The number of benzene rings is 4. The molecule has 16 heteroatoms. The number of nitrogens with zero attached hydrogens (tertiary/aromatic N) is 4. The Morgan fingerprint density at radius 1 is 0.556 bits per heavy atom. The molecule has 380 valence electrons. The van der Waals surface area contributed by atoms with E-state index in [4.69, 9.17) is 33.2 Å². The number of nitrogens with one attached hydrogen (secondary N) is 2. The minimum Gasteiger partial charge on any atom is -0.348 e. The van der Waals surface area contributed by atoms with E-state index < -0.39 is 19.7 Å². The maximum absolute atomic E-state index is 12.9. The number of sulfone groups is 2. The van der Waals surface area contributed by atoms with E-state index in [-0.39, 0.29) is 35.4 Å². The molecular formula is C56H64Cl2N6O6S2. The van der Waals surface area contributed by atoms with Crippen molar-refractivity contribution in [3.8, 4) is 0 Å². The van der Waals surface area contributed by atoms with Gasteiger partial charge in [-0.15, -0.1) is 0 Å². The van der Waals surface area contributed by atoms with Gasteiger partial charge in [-0.05, 0) is 119 Å². The molecule has 0 fully saturated rings. The summed E-state index contributed by atoms with van der Waals surface area (Å²) in [6, 6.07) is 33.5. The second-order valence-electron chi connectivity index (χ2n) is 19.1. The van der Waals surface area contributed by atoms with Gasteiger partial charge in [0.05, 0.1) is 55.9 Å². The van der Waals surface area contributed by atoms with Crippen molar-refractivity contribution < 1.29 is 26.4 Å². The molecule has 0 spiro atoms. The van der Waals surface area contributed by atoms with E-state index in [1.807, 2.05) is 36.4 Å². The lowest BCUT2D eigenvalue weighted by Gasteiger charge is -2.39. The summed E-state index contributed by atoms with van der Waals surface area (Å²) < 4.78 is 47.9. The third-order valence-corrected chi connectivity index (χ3v) is 17.3. The molecule has 72 heavy (non-hydrogen) atoms. The summed E-state index contributed by atoms with van der Waals surface area (Å²) >= 11 is 12.1. The zero-order valence-corrected chi connectivity index (χ0v) is 44.9. The van der Waals surface area contributed by atoms with E-state index >= 15 is 0 Å². The molecule has 0 bridgehead atoms. The molecule has 2 atom stereocenters. The number of carbonyl (C=O) groups excluding carboxylic acids is 2. The quantitative estimate of drug-likeness (QED) is 0.0956. The molecule has 0 aliphatic carbocycles. The first-order chi connectivity index (χ1) is 34.3. The molecular weight excluding hydrogens is 988 g/mol. The van der Waals surface area contributed by atoms with Crippen molar-refractivity contribution in [2.24, 2.45) is 11.8 Å². The Morgan fingerprint density at radius 2 is 0.889 bits per heavy atom. The van der Waals surface area contributed by atoms with E-state index in [2.05, 4.69) is 72.4 Å². The van der Waals surface area contributed by atoms with Crippen LogP contribution in [0.25, 0.3) is 0 Å². The molecule has 0 saturated carbocycles. The predicted octanol–water partition coefficient (Wildman–Crippen LogP) is 10.4. The second-order valence-corrected chi connectivity index (χ2v) is 24.5. The Kier molecular flexibility index (Phi) is 18.1. The third kappa shape index (κ3) is 13.6. The lowest BCUT2D eigenvalue weighted by atomic mass is 9.89. The average Bonchev–Trinajstić information content (AvgIpc) is 3.38. The highest BCUT2D eigenvalue weighted by atomic mass is 35.5. The highest BCUT2D eigenvalue weighted by Crippen LogP contribution is 2.37. The first kappa shape index (κ1) is 54.3. The molecule has 2 N–H and O–H groups in total. The van der Waals surface area contributed by atoms with Crippen LogP contribution in [0.2, 0.25) is 10.0 Å². The van der Waals surface area contributed by atoms with Gasteiger partial charge in [-0.25, -0.2) is 16.8 Å². The second kappa shape index (κ2) is 24.0. The zero-order chi connectivity index (χ0) is 51.7. The highest BCUT2D eigenvalue weighted by molar-refractivity contribution is 7.91. The van der Waals surface area contributed by atoms with Crippen LogP contribution in [0.4, 0.5) is 0 Å². The van der Waals surface area contributed by atoms with Crippen LogP contribution in [0.3, 0.4) is 0 Å². The van der Waals surface area contributed by atoms with E-state index in [0.717, 1.165) is 82.7 Å². The van der Waals surface area contributed by atoms with Crippen LogP contribution in [-0.2, 0) is 58.7 Å². The Morgan fingerprint density at radius 3 is 1.21 bits per heavy atom. The molecule has 2 aromatic heterocycles. The first-order valence-corrected chi connectivity index (χ1v) is 28.6. The van der Waals surface area contributed by atoms with Crippen molar-refractivity contribution in [2.75, 3.05) is 24.6 Å². The normalized spacial score (nSPS) is 16.1. The van der Waals surface area contributed by atoms with E-state index in [0.29, 0.717) is 45.8 Å². The van der Waals surface area contributed by atoms with Crippen molar-refractivity contribution in [3.63, 3.8) is 0 Å². The largest absolute Gasteiger partial charge is 0.348 e. The van der Waals surface area contributed by atoms with Crippen molar-refractivity contribution in [1.82, 2.24) is 30.4 Å². The Hall–Kier alpha value is -5.48. The van der Waals surface area contributed by atoms with Crippen LogP contribution in [-0.4, -0.2) is 73.0 Å². The molecule has 12 nitrogen and oxygen atoms in total. The summed E-state index contributed by atoms with van der Waals surface area (Å²) in [5.41, 5.74) is 9.47. The standard InChI is InChI=1S/2C28H32ClN3O3S/c2*1-4-36(34,35)25-11-7-20(8-12-25)16-31-28(33)23-15-22-13-14-32(18-21-5-9-24(29)10-6-21)27(19(2)3)26(22)30-17-23/h2*5-12,15,17,19,27H,4,13-14,16,18H2,1-3H3,(H,31,33)/t2*27-/m10/s1. The number of hydrogen-bond acceptors (Lipinski definition) is 10. The Labute approximate surface area is 435 Å². The van der Waals surface area contributed by atoms with E-state index in [1.54, 1.807) is 74.8 Å². The van der Waals surface area contributed by atoms with Crippen LogP contribution in [0.5, 0.6) is 0 Å². The minimum atomic E-state index is -3.24. The molecule has 0 unspecified atom stereocenters. The highest BCUT2D eigenvalue weighted by Gasteiger charge is 2.33. The summed E-state index contributed by atoms with van der Waals surface area (Å²) in [7, 11) is -6.47. The smallest absolute Gasteiger partial charge is 0.253 e. The summed E-state index contributed by atoms with van der Waals surface area (Å²) in [6.45, 7) is 16.1. The number of amides is 2. The summed E-state index contributed by atoms with van der Waals surface area (Å²) in [6.07, 6.45) is 4.97. The fourth-order valence-corrected chi connectivity index (χ4v) is 11.4. The van der Waals surface area contributed by atoms with Gasteiger partial charge in [-0.3, -0.25) is 29.4 Å². The first-order valence-electron chi connectivity index (χ1n) is 24.5. The number of hydrogen-bond donors (Lipinski definition) is 2. The average molecular weight is 1050 g/mol. The monoisotopic (exact) mass is 1050 g/mol. The van der Waals surface area contributed by atoms with E-state index in [9.17, 15) is 26.4 Å². The van der Waals surface area contributed by atoms with E-state index in [1.165, 1.54) is 11.1 Å². The minimum absolute atomic E-state index is 0.0605. The third-order valence-electron chi connectivity index (χ3n) is 13.3. The molecule has 4 aromatic carbocycles. The number of pyridine rings is 2. The van der Waals surface area contributed by atoms with Gasteiger partial charge in [0.2, 0.25) is 0 Å². The summed E-state index contributed by atoms with van der Waals surface area (Å²) in [4.78, 5) is 40.7. The summed E-state index contributed by atoms with van der Waals surface area (Å²) in [5.74, 6) is 0.460. The number of rotatable bonds is 16. The maximum atomic E-state index is 12.9. The number of halogens is 2. The van der Waals surface area contributed by atoms with Crippen LogP contribution >= 0.6 is 23.2 Å². The number of aromatic nitrogens is 2. The Balaban J connectivity index is 0.000000211. The number of carbonyl (C=O) groups is 2. The fraction of sp³-hybridized carbons (Fsp3) is 0.357. The van der Waals surface area contributed by atoms with Crippen LogP contribution in [0, 0.1) is 11.8 Å². The predicted molar refractivity (Wildman–Crippen MR) is 285 cm³/mol. The molecule has 2 amide bonds. The molecule has 0 saturated heterocycles. The zero-order valence-electron chi connectivity index (χ0n) is 41.7. The van der Waals surface area contributed by atoms with Crippen molar-refractivity contribution >= 4 is 54.7 Å². The fourth-order valence-electron chi connectivity index (χ4n) is 9.39. The SMILES string of the molecule is CCS(=O)(=O)c1ccc(CNC(=O)c2cnc3c(c2)CCN(Cc2ccc(Cl)cc2)[C@@H]3C(C)C)cc1.CCS(=O)(=O)c1ccc(CNC(=O)c2cnc3c(c2)CCN(Cc2ccc(Cl)cc2)[C@H]3C(C)C)cc1. The van der Waals surface area contributed by atoms with Gasteiger partial charge in [0.1, 0.15) is 0 Å². The van der Waals surface area contributed by atoms with Crippen molar-refractivity contribution in [2.45, 2.75) is 102 Å². The Bertz CT molecular complexity index is 2850. The van der Waals surface area contributed by atoms with Gasteiger partial charge in [0, 0.05) is 61.7 Å². The molecule has 6 aromatic rings. The molecule has 2 aliphatic heterocycles. The van der Waals surface area contributed by atoms with Crippen LogP contribution < -0.4 is 10.6 Å². The molecule has 8 rings (SSSR count).